The minimum absolute atomic E-state index is 0.155. The lowest BCUT2D eigenvalue weighted by atomic mass is 10.0. The number of nitrogens with one attached hydrogen (secondary N) is 2. The van der Waals surface area contributed by atoms with E-state index in [0.717, 1.165) is 11.1 Å². The fourth-order valence-electron chi connectivity index (χ4n) is 3.06. The number of carbonyl (C=O) groups excluding carboxylic acids is 2. The lowest BCUT2D eigenvalue weighted by Gasteiger charge is -2.18. The molecule has 2 N–H and O–H groups in total. The van der Waals surface area contributed by atoms with E-state index in [2.05, 4.69) is 10.0 Å². The van der Waals surface area contributed by atoms with Crippen LogP contribution in [0.4, 0.5) is 5.69 Å². The minimum atomic E-state index is -3.97. The van der Waals surface area contributed by atoms with Crippen LogP contribution in [-0.2, 0) is 24.3 Å². The summed E-state index contributed by atoms with van der Waals surface area (Å²) in [4.78, 5) is 24.4. The van der Waals surface area contributed by atoms with Crippen LogP contribution >= 0.6 is 0 Å². The number of rotatable bonds is 8. The average molecular weight is 449 g/mol. The maximum Gasteiger partial charge on any atom is 0.324 e. The van der Waals surface area contributed by atoms with Crippen LogP contribution in [0, 0.1) is 27.7 Å². The van der Waals surface area contributed by atoms with Crippen molar-refractivity contribution in [2.75, 3.05) is 19.0 Å². The van der Waals surface area contributed by atoms with E-state index < -0.39 is 34.5 Å². The first-order valence-corrected chi connectivity index (χ1v) is 11.1. The summed E-state index contributed by atoms with van der Waals surface area (Å²) < 4.78 is 38.2. The minimum Gasteiger partial charge on any atom is -0.497 e. The lowest BCUT2D eigenvalue weighted by Crippen LogP contribution is -2.41. The zero-order valence-electron chi connectivity index (χ0n) is 18.5. The fourth-order valence-corrected chi connectivity index (χ4v) is 4.86. The van der Waals surface area contributed by atoms with Gasteiger partial charge in [0, 0.05) is 5.69 Å². The Kier molecular flexibility index (Phi) is 7.80. The third-order valence-corrected chi connectivity index (χ3v) is 6.78. The Morgan fingerprint density at radius 1 is 1.00 bits per heavy atom. The Morgan fingerprint density at radius 2 is 1.55 bits per heavy atom. The van der Waals surface area contributed by atoms with Crippen molar-refractivity contribution in [3.05, 3.63) is 52.6 Å². The third kappa shape index (κ3) is 6.05. The summed E-state index contributed by atoms with van der Waals surface area (Å²) in [7, 11) is -2.43. The Balaban J connectivity index is 1.99. The highest BCUT2D eigenvalue weighted by atomic mass is 32.2. The highest BCUT2D eigenvalue weighted by Crippen LogP contribution is 2.26. The van der Waals surface area contributed by atoms with E-state index in [-0.39, 0.29) is 4.90 Å². The molecule has 0 saturated heterocycles. The van der Waals surface area contributed by atoms with Crippen molar-refractivity contribution in [3.63, 3.8) is 0 Å². The van der Waals surface area contributed by atoms with E-state index in [0.29, 0.717) is 22.6 Å². The SMILES string of the molecule is COc1ccc(NC(=O)COC(=O)[C@H](C)NS(=O)(=O)c2c(C)c(C)cc(C)c2C)cc1. The van der Waals surface area contributed by atoms with Crippen molar-refractivity contribution in [3.8, 4) is 5.75 Å². The van der Waals surface area contributed by atoms with Crippen molar-refractivity contribution in [1.29, 1.82) is 0 Å². The number of ether oxygens (including phenoxy) is 2. The van der Waals surface area contributed by atoms with E-state index >= 15 is 0 Å². The van der Waals surface area contributed by atoms with E-state index in [1.54, 1.807) is 38.1 Å². The molecule has 0 heterocycles. The molecule has 0 aliphatic carbocycles. The number of hydrogen-bond acceptors (Lipinski definition) is 6. The van der Waals surface area contributed by atoms with E-state index in [9.17, 15) is 18.0 Å². The lowest BCUT2D eigenvalue weighted by molar-refractivity contribution is -0.148. The normalized spacial score (nSPS) is 12.2. The van der Waals surface area contributed by atoms with Crippen molar-refractivity contribution >= 4 is 27.6 Å². The van der Waals surface area contributed by atoms with Gasteiger partial charge in [0.2, 0.25) is 10.0 Å². The maximum absolute atomic E-state index is 12.9. The zero-order valence-corrected chi connectivity index (χ0v) is 19.3. The molecule has 0 aliphatic heterocycles. The number of hydrogen-bond donors (Lipinski definition) is 2. The van der Waals surface area contributed by atoms with Crippen LogP contribution in [0.1, 0.15) is 29.2 Å². The van der Waals surface area contributed by atoms with Crippen molar-refractivity contribution in [2.45, 2.75) is 45.6 Å². The third-order valence-electron chi connectivity index (χ3n) is 4.97. The van der Waals surface area contributed by atoms with Gasteiger partial charge in [-0.05, 0) is 81.1 Å². The van der Waals surface area contributed by atoms with Crippen LogP contribution < -0.4 is 14.8 Å². The van der Waals surface area contributed by atoms with Gasteiger partial charge in [-0.2, -0.15) is 4.72 Å². The van der Waals surface area contributed by atoms with Gasteiger partial charge in [-0.25, -0.2) is 8.42 Å². The van der Waals surface area contributed by atoms with Crippen molar-refractivity contribution < 1.29 is 27.5 Å². The van der Waals surface area contributed by atoms with Gasteiger partial charge in [-0.15, -0.1) is 0 Å². The van der Waals surface area contributed by atoms with Gasteiger partial charge in [-0.1, -0.05) is 6.07 Å². The molecule has 1 atom stereocenters. The number of anilines is 1. The molecule has 9 heteroatoms. The topological polar surface area (TPSA) is 111 Å². The molecule has 0 spiro atoms. The smallest absolute Gasteiger partial charge is 0.324 e. The van der Waals surface area contributed by atoms with Crippen LogP contribution in [0.25, 0.3) is 0 Å². The monoisotopic (exact) mass is 448 g/mol. The average Bonchev–Trinajstić information content (AvgIpc) is 2.70. The number of amides is 1. The molecule has 2 aromatic rings. The first kappa shape index (κ1) is 24.4. The molecule has 0 aliphatic rings. The molecule has 168 valence electrons. The van der Waals surface area contributed by atoms with Gasteiger partial charge >= 0.3 is 5.97 Å². The highest BCUT2D eigenvalue weighted by Gasteiger charge is 2.27. The van der Waals surface area contributed by atoms with Crippen molar-refractivity contribution in [1.82, 2.24) is 4.72 Å². The van der Waals surface area contributed by atoms with Crippen LogP contribution in [-0.4, -0.2) is 40.1 Å². The van der Waals surface area contributed by atoms with Crippen LogP contribution in [0.3, 0.4) is 0 Å². The molecule has 0 saturated carbocycles. The predicted octanol–water partition coefficient (Wildman–Crippen LogP) is 2.78. The van der Waals surface area contributed by atoms with Crippen molar-refractivity contribution in [2.24, 2.45) is 0 Å². The number of carbonyl (C=O) groups is 2. The summed E-state index contributed by atoms with van der Waals surface area (Å²) in [5.74, 6) is -0.762. The molecule has 2 rings (SSSR count). The summed E-state index contributed by atoms with van der Waals surface area (Å²) in [6, 6.07) is 7.39. The number of esters is 1. The van der Waals surface area contributed by atoms with Gasteiger partial charge in [0.25, 0.3) is 5.91 Å². The molecule has 2 aromatic carbocycles. The van der Waals surface area contributed by atoms with Gasteiger partial charge in [0.15, 0.2) is 6.61 Å². The van der Waals surface area contributed by atoms with Crippen LogP contribution in [0.5, 0.6) is 5.75 Å². The Labute approximate surface area is 183 Å². The fraction of sp³-hybridized carbons (Fsp3) is 0.364. The predicted molar refractivity (Wildman–Crippen MR) is 118 cm³/mol. The van der Waals surface area contributed by atoms with Crippen LogP contribution in [0.2, 0.25) is 0 Å². The Morgan fingerprint density at radius 3 is 2.06 bits per heavy atom. The second kappa shape index (κ2) is 9.93. The van der Waals surface area contributed by atoms with Crippen LogP contribution in [0.15, 0.2) is 35.2 Å². The highest BCUT2D eigenvalue weighted by molar-refractivity contribution is 7.89. The number of benzene rings is 2. The first-order valence-electron chi connectivity index (χ1n) is 9.66. The summed E-state index contributed by atoms with van der Waals surface area (Å²) >= 11 is 0. The number of methoxy groups -OCH3 is 1. The van der Waals surface area contributed by atoms with Gasteiger partial charge in [0.1, 0.15) is 11.8 Å². The molecule has 31 heavy (non-hydrogen) atoms. The summed E-state index contributed by atoms with van der Waals surface area (Å²) in [5, 5.41) is 2.58. The molecular formula is C22H28N2O6S. The summed E-state index contributed by atoms with van der Waals surface area (Å²) in [6.07, 6.45) is 0. The number of aryl methyl sites for hydroxylation is 2. The first-order chi connectivity index (χ1) is 14.5. The molecule has 8 nitrogen and oxygen atoms in total. The van der Waals surface area contributed by atoms with E-state index in [1.165, 1.54) is 14.0 Å². The Hall–Kier alpha value is -2.91. The maximum atomic E-state index is 12.9. The molecule has 0 unspecified atom stereocenters. The molecule has 1 amide bonds. The molecule has 0 bridgehead atoms. The number of sulfonamides is 1. The summed E-state index contributed by atoms with van der Waals surface area (Å²) in [5.41, 5.74) is 3.43. The largest absolute Gasteiger partial charge is 0.497 e. The summed E-state index contributed by atoms with van der Waals surface area (Å²) in [6.45, 7) is 7.94. The Bertz CT molecular complexity index is 1050. The zero-order chi connectivity index (χ0) is 23.3. The molecule has 0 fully saturated rings. The van der Waals surface area contributed by atoms with E-state index in [1.807, 2.05) is 19.9 Å². The molecule has 0 aromatic heterocycles. The van der Waals surface area contributed by atoms with Gasteiger partial charge in [-0.3, -0.25) is 9.59 Å². The second-order valence-electron chi connectivity index (χ2n) is 7.32. The van der Waals surface area contributed by atoms with Gasteiger partial charge < -0.3 is 14.8 Å². The van der Waals surface area contributed by atoms with E-state index in [4.69, 9.17) is 9.47 Å². The second-order valence-corrected chi connectivity index (χ2v) is 8.97. The standard InChI is InChI=1S/C22H28N2O6S/c1-13-11-14(2)16(4)21(15(13)3)31(27,28)24-17(5)22(26)30-12-20(25)23-18-7-9-19(29-6)10-8-18/h7-11,17,24H,12H2,1-6H3,(H,23,25)/t17-/m0/s1. The molecule has 0 radical (unpaired) electrons. The molecular weight excluding hydrogens is 420 g/mol. The quantitative estimate of drug-likeness (QED) is 0.601. The van der Waals surface area contributed by atoms with Gasteiger partial charge in [0.05, 0.1) is 12.0 Å².